The molecule has 0 spiro atoms. The Morgan fingerprint density at radius 2 is 1.92 bits per heavy atom. The van der Waals surface area contributed by atoms with E-state index in [1.165, 1.54) is 0 Å². The first-order chi connectivity index (χ1) is 11.6. The van der Waals surface area contributed by atoms with Gasteiger partial charge in [-0.25, -0.2) is 4.98 Å². The van der Waals surface area contributed by atoms with Crippen molar-refractivity contribution in [1.29, 1.82) is 0 Å². The van der Waals surface area contributed by atoms with E-state index < -0.39 is 5.92 Å². The summed E-state index contributed by atoms with van der Waals surface area (Å²) < 4.78 is 0. The Balaban J connectivity index is 1.86. The summed E-state index contributed by atoms with van der Waals surface area (Å²) in [5, 5.41) is 1.62. The molecule has 24 heavy (non-hydrogen) atoms. The number of pyridine rings is 1. The van der Waals surface area contributed by atoms with Gasteiger partial charge in [0.1, 0.15) is 11.7 Å². The van der Waals surface area contributed by atoms with Crippen molar-refractivity contribution in [2.45, 2.75) is 19.3 Å². The number of ketones is 1. The van der Waals surface area contributed by atoms with E-state index in [4.69, 9.17) is 11.5 Å². The summed E-state index contributed by atoms with van der Waals surface area (Å²) >= 11 is 0. The Bertz CT molecular complexity index is 769. The van der Waals surface area contributed by atoms with Crippen LogP contribution in [0, 0.1) is 5.92 Å². The number of amides is 1. The van der Waals surface area contributed by atoms with Crippen LogP contribution >= 0.6 is 0 Å². The van der Waals surface area contributed by atoms with Crippen LogP contribution in [0.25, 0.3) is 10.8 Å². The highest BCUT2D eigenvalue weighted by atomic mass is 16.2. The third-order valence-corrected chi connectivity index (χ3v) is 4.60. The van der Waals surface area contributed by atoms with Gasteiger partial charge in [-0.15, -0.1) is 0 Å². The normalized spacial score (nSPS) is 16.1. The fraction of sp³-hybridized carbons (Fsp3) is 0.389. The third kappa shape index (κ3) is 3.10. The molecule has 0 bridgehead atoms. The number of nitrogens with zero attached hydrogens (tertiary/aromatic N) is 2. The molecule has 6 nitrogen and oxygen atoms in total. The van der Waals surface area contributed by atoms with Crippen LogP contribution in [0.5, 0.6) is 0 Å². The number of hydrogen-bond acceptors (Lipinski definition) is 5. The number of likely N-dealkylation sites (tertiary alicyclic amines) is 1. The summed E-state index contributed by atoms with van der Waals surface area (Å²) in [6.45, 7) is 1.44. The van der Waals surface area contributed by atoms with Crippen molar-refractivity contribution in [3.63, 3.8) is 0 Å². The molecule has 126 valence electrons. The summed E-state index contributed by atoms with van der Waals surface area (Å²) in [5.41, 5.74) is 12.1. The molecule has 1 aromatic carbocycles. The molecule has 0 saturated carbocycles. The molecule has 2 aromatic rings. The molecule has 0 radical (unpaired) electrons. The van der Waals surface area contributed by atoms with Crippen molar-refractivity contribution in [2.75, 3.05) is 25.4 Å². The third-order valence-electron chi connectivity index (χ3n) is 4.60. The zero-order chi connectivity index (χ0) is 17.1. The highest BCUT2D eigenvalue weighted by Crippen LogP contribution is 2.22. The number of aromatic nitrogens is 1. The van der Waals surface area contributed by atoms with E-state index in [0.717, 1.165) is 30.0 Å². The lowest BCUT2D eigenvalue weighted by Gasteiger charge is -2.29. The number of carbonyl (C=O) groups excluding carboxylic acids is 2. The molecule has 1 atom stereocenters. The molecule has 1 amide bonds. The van der Waals surface area contributed by atoms with Gasteiger partial charge in [-0.2, -0.15) is 0 Å². The number of fused-ring (bicyclic) bond motifs is 1. The predicted octanol–water partition coefficient (Wildman–Crippen LogP) is 1.59. The van der Waals surface area contributed by atoms with Crippen LogP contribution in [0.2, 0.25) is 0 Å². The second-order valence-electron chi connectivity index (χ2n) is 6.17. The predicted molar refractivity (Wildman–Crippen MR) is 93.5 cm³/mol. The van der Waals surface area contributed by atoms with Crippen molar-refractivity contribution < 1.29 is 9.59 Å². The minimum absolute atomic E-state index is 0.0185. The number of nitrogen functional groups attached to an aromatic ring is 1. The number of hydrogen-bond donors (Lipinski definition) is 2. The Labute approximate surface area is 140 Å². The van der Waals surface area contributed by atoms with Gasteiger partial charge in [0, 0.05) is 36.8 Å². The monoisotopic (exact) mass is 326 g/mol. The van der Waals surface area contributed by atoms with E-state index in [1.54, 1.807) is 35.4 Å². The van der Waals surface area contributed by atoms with Gasteiger partial charge in [-0.1, -0.05) is 6.07 Å². The van der Waals surface area contributed by atoms with Gasteiger partial charge in [0.2, 0.25) is 5.91 Å². The van der Waals surface area contributed by atoms with Gasteiger partial charge in [0.15, 0.2) is 5.78 Å². The molecule has 4 N–H and O–H groups in total. The first-order valence-corrected chi connectivity index (χ1v) is 8.29. The number of benzene rings is 1. The van der Waals surface area contributed by atoms with Gasteiger partial charge in [0.25, 0.3) is 0 Å². The lowest BCUT2D eigenvalue weighted by atomic mass is 9.94. The SMILES string of the molecule is NCC(C(=O)c1ccc2c(N)nccc2c1)C(=O)N1CCCCC1. The smallest absolute Gasteiger partial charge is 0.234 e. The quantitative estimate of drug-likeness (QED) is 0.656. The van der Waals surface area contributed by atoms with Crippen molar-refractivity contribution in [3.05, 3.63) is 36.0 Å². The largest absolute Gasteiger partial charge is 0.383 e. The maximum Gasteiger partial charge on any atom is 0.234 e. The average molecular weight is 326 g/mol. The highest BCUT2D eigenvalue weighted by Gasteiger charge is 2.31. The lowest BCUT2D eigenvalue weighted by molar-refractivity contribution is -0.134. The van der Waals surface area contributed by atoms with E-state index in [1.807, 2.05) is 0 Å². The van der Waals surface area contributed by atoms with Crippen LogP contribution in [0.15, 0.2) is 30.5 Å². The molecule has 6 heteroatoms. The van der Waals surface area contributed by atoms with Crippen molar-refractivity contribution in [2.24, 2.45) is 11.7 Å². The second kappa shape index (κ2) is 6.97. The van der Waals surface area contributed by atoms with E-state index in [2.05, 4.69) is 4.98 Å². The number of rotatable bonds is 4. The van der Waals surface area contributed by atoms with Gasteiger partial charge >= 0.3 is 0 Å². The standard InChI is InChI=1S/C18H22N4O2/c19-11-15(18(24)22-8-2-1-3-9-22)16(23)13-4-5-14-12(10-13)6-7-21-17(14)20/h4-7,10,15H,1-3,8-9,11,19H2,(H2,20,21). The van der Waals surface area contributed by atoms with Crippen molar-refractivity contribution >= 4 is 28.3 Å². The van der Waals surface area contributed by atoms with Gasteiger partial charge < -0.3 is 16.4 Å². The summed E-state index contributed by atoms with van der Waals surface area (Å²) in [6.07, 6.45) is 4.70. The summed E-state index contributed by atoms with van der Waals surface area (Å²) in [5.74, 6) is -0.784. The maximum absolute atomic E-state index is 12.8. The van der Waals surface area contributed by atoms with Crippen molar-refractivity contribution in [3.8, 4) is 0 Å². The highest BCUT2D eigenvalue weighted by molar-refractivity contribution is 6.11. The first kappa shape index (κ1) is 16.4. The van der Waals surface area contributed by atoms with E-state index in [-0.39, 0.29) is 18.2 Å². The van der Waals surface area contributed by atoms with Crippen LogP contribution in [0.3, 0.4) is 0 Å². The Morgan fingerprint density at radius 3 is 2.62 bits per heavy atom. The topological polar surface area (TPSA) is 102 Å². The summed E-state index contributed by atoms with van der Waals surface area (Å²) in [7, 11) is 0. The Hall–Kier alpha value is -2.47. The van der Waals surface area contributed by atoms with Crippen LogP contribution in [0.1, 0.15) is 29.6 Å². The fourth-order valence-electron chi connectivity index (χ4n) is 3.21. The van der Waals surface area contributed by atoms with E-state index >= 15 is 0 Å². The minimum Gasteiger partial charge on any atom is -0.383 e. The Kier molecular flexibility index (Phi) is 4.76. The van der Waals surface area contributed by atoms with E-state index in [9.17, 15) is 9.59 Å². The van der Waals surface area contributed by atoms with Crippen LogP contribution in [-0.4, -0.2) is 41.2 Å². The molecule has 1 saturated heterocycles. The van der Waals surface area contributed by atoms with E-state index in [0.29, 0.717) is 24.5 Å². The van der Waals surface area contributed by atoms with Crippen LogP contribution < -0.4 is 11.5 Å². The number of nitrogens with two attached hydrogens (primary N) is 2. The summed E-state index contributed by atoms with van der Waals surface area (Å²) in [4.78, 5) is 31.3. The molecule has 2 heterocycles. The molecule has 1 aliphatic rings. The first-order valence-electron chi connectivity index (χ1n) is 8.29. The zero-order valence-electron chi connectivity index (χ0n) is 13.6. The molecular weight excluding hydrogens is 304 g/mol. The molecule has 1 aliphatic heterocycles. The number of piperidine rings is 1. The molecule has 1 fully saturated rings. The summed E-state index contributed by atoms with van der Waals surface area (Å²) in [6, 6.07) is 7.01. The number of Topliss-reactive ketones (excluding diaryl/α,β-unsaturated/α-hetero) is 1. The van der Waals surface area contributed by atoms with Crippen LogP contribution in [0.4, 0.5) is 5.82 Å². The van der Waals surface area contributed by atoms with Gasteiger partial charge in [-0.3, -0.25) is 9.59 Å². The van der Waals surface area contributed by atoms with Crippen molar-refractivity contribution in [1.82, 2.24) is 9.88 Å². The molecule has 1 aromatic heterocycles. The zero-order valence-corrected chi connectivity index (χ0v) is 13.6. The second-order valence-corrected chi connectivity index (χ2v) is 6.17. The number of anilines is 1. The van der Waals surface area contributed by atoms with Gasteiger partial charge in [-0.05, 0) is 42.8 Å². The Morgan fingerprint density at radius 1 is 1.17 bits per heavy atom. The molecule has 1 unspecified atom stereocenters. The fourth-order valence-corrected chi connectivity index (χ4v) is 3.21. The van der Waals surface area contributed by atoms with Crippen LogP contribution in [-0.2, 0) is 4.79 Å². The average Bonchev–Trinajstić information content (AvgIpc) is 2.62. The van der Waals surface area contributed by atoms with Gasteiger partial charge in [0.05, 0.1) is 0 Å². The minimum atomic E-state index is -0.820. The number of carbonyl (C=O) groups is 2. The molecular formula is C18H22N4O2. The molecule has 0 aliphatic carbocycles. The molecule has 3 rings (SSSR count). The maximum atomic E-state index is 12.8. The lowest BCUT2D eigenvalue weighted by Crippen LogP contribution is -2.45.